The Morgan fingerprint density at radius 1 is 1.31 bits per heavy atom. The number of benzene rings is 2. The zero-order chi connectivity index (χ0) is 22.2. The Bertz CT molecular complexity index is 1320. The number of aromatic amines is 1. The molecule has 0 aliphatic carbocycles. The maximum atomic E-state index is 13.2. The minimum atomic E-state index is -2.87. The van der Waals surface area contributed by atoms with Crippen molar-refractivity contribution in [2.45, 2.75) is 13.0 Å². The predicted octanol–water partition coefficient (Wildman–Crippen LogP) is 2.86. The molecule has 2 heterocycles. The Labute approximate surface area is 168 Å². The molecule has 8 heteroatoms. The first-order valence-electron chi connectivity index (χ1n) is 9.79. The van der Waals surface area contributed by atoms with Gasteiger partial charge >= 0.3 is 5.97 Å². The van der Waals surface area contributed by atoms with E-state index >= 15 is 0 Å². The third kappa shape index (κ3) is 3.73. The van der Waals surface area contributed by atoms with E-state index in [1.807, 2.05) is 6.07 Å². The number of carboxylic acid groups (broad SMARTS) is 1. The van der Waals surface area contributed by atoms with E-state index in [1.54, 1.807) is 43.6 Å². The monoisotopic (exact) mass is 392 g/mol. The molecule has 0 spiro atoms. The number of aliphatic carboxylic acids is 1. The molecule has 0 unspecified atom stereocenters. The van der Waals surface area contributed by atoms with E-state index < -0.39 is 18.6 Å². The lowest BCUT2D eigenvalue weighted by Gasteiger charge is -2.17. The van der Waals surface area contributed by atoms with Crippen molar-refractivity contribution in [2.24, 2.45) is 0 Å². The highest BCUT2D eigenvalue weighted by molar-refractivity contribution is 5.83. The number of carboxylic acids is 1. The first-order chi connectivity index (χ1) is 14.8. The molecule has 0 aliphatic heterocycles. The molecule has 4 aromatic rings. The fourth-order valence-electron chi connectivity index (χ4n) is 3.10. The zero-order valence-corrected chi connectivity index (χ0v) is 15.4. The van der Waals surface area contributed by atoms with Crippen LogP contribution < -0.4 is 10.3 Å². The number of rotatable bonds is 6. The number of hydrogen-bond acceptors (Lipinski definition) is 5. The van der Waals surface area contributed by atoms with Gasteiger partial charge in [0.25, 0.3) is 5.56 Å². The Kier molecular flexibility index (Phi) is 4.20. The summed E-state index contributed by atoms with van der Waals surface area (Å²) in [6, 6.07) is 11.3. The van der Waals surface area contributed by atoms with Gasteiger partial charge in [0.05, 0.1) is 32.2 Å². The molecule has 2 N–H and O–H groups in total. The van der Waals surface area contributed by atoms with Gasteiger partial charge in [-0.2, -0.15) is 5.10 Å². The van der Waals surface area contributed by atoms with E-state index in [0.29, 0.717) is 16.5 Å². The van der Waals surface area contributed by atoms with Gasteiger partial charge in [-0.05, 0) is 42.3 Å². The lowest BCUT2D eigenvalue weighted by Crippen LogP contribution is -2.24. The van der Waals surface area contributed by atoms with Crippen LogP contribution in [0.2, 0.25) is 0 Å². The molecule has 0 saturated heterocycles. The molecule has 2 aromatic heterocycles. The SMILES string of the molecule is [2H]C([2H])(Oc1cccc([C@@H](C)n2cnc3ccc(-c4cn[nH]c4)cc3c2=O)c1)C(=O)O. The quantitative estimate of drug-likeness (QED) is 0.522. The number of nitrogens with zero attached hydrogens (tertiary/aromatic N) is 3. The van der Waals surface area contributed by atoms with Crippen LogP contribution in [0.25, 0.3) is 22.0 Å². The largest absolute Gasteiger partial charge is 0.482 e. The lowest BCUT2D eigenvalue weighted by atomic mass is 10.1. The van der Waals surface area contributed by atoms with Crippen molar-refractivity contribution >= 4 is 16.9 Å². The molecular formula is C21H18N4O4. The summed E-state index contributed by atoms with van der Waals surface area (Å²) in [6.07, 6.45) is 4.86. The average Bonchev–Trinajstić information content (AvgIpc) is 3.28. The van der Waals surface area contributed by atoms with Gasteiger partial charge in [0, 0.05) is 11.8 Å². The van der Waals surface area contributed by atoms with Crippen LogP contribution in [0.1, 0.15) is 21.3 Å². The standard InChI is InChI=1S/C21H18N4O4/c1-13(14-3-2-4-17(7-14)29-11-20(26)27)25-12-22-19-6-5-15(8-18(19)21(25)28)16-9-23-24-10-16/h2-10,12-13H,11H2,1H3,(H,23,24)(H,26,27)/t13-/m1/s1/i11D2. The topological polar surface area (TPSA) is 110 Å². The molecule has 4 rings (SSSR count). The van der Waals surface area contributed by atoms with Crippen molar-refractivity contribution in [2.75, 3.05) is 6.56 Å². The molecule has 29 heavy (non-hydrogen) atoms. The van der Waals surface area contributed by atoms with E-state index in [9.17, 15) is 9.59 Å². The van der Waals surface area contributed by atoms with Crippen molar-refractivity contribution in [3.8, 4) is 16.9 Å². The van der Waals surface area contributed by atoms with Crippen LogP contribution in [-0.4, -0.2) is 37.4 Å². The lowest BCUT2D eigenvalue weighted by molar-refractivity contribution is -0.139. The van der Waals surface area contributed by atoms with E-state index in [1.165, 1.54) is 23.0 Å². The maximum Gasteiger partial charge on any atom is 0.341 e. The van der Waals surface area contributed by atoms with Crippen LogP contribution in [0.4, 0.5) is 0 Å². The summed E-state index contributed by atoms with van der Waals surface area (Å²) in [5, 5.41) is 16.1. The third-order valence-electron chi connectivity index (χ3n) is 4.63. The molecule has 2 aromatic carbocycles. The smallest absolute Gasteiger partial charge is 0.341 e. The van der Waals surface area contributed by atoms with Gasteiger partial charge in [-0.15, -0.1) is 0 Å². The molecule has 0 fully saturated rings. The average molecular weight is 392 g/mol. The van der Waals surface area contributed by atoms with Crippen LogP contribution in [0.15, 0.2) is 66.0 Å². The number of carbonyl (C=O) groups is 1. The Morgan fingerprint density at radius 3 is 2.93 bits per heavy atom. The van der Waals surface area contributed by atoms with Crippen LogP contribution >= 0.6 is 0 Å². The van der Waals surface area contributed by atoms with E-state index in [4.69, 9.17) is 12.6 Å². The summed E-state index contributed by atoms with van der Waals surface area (Å²) < 4.78 is 21.3. The highest BCUT2D eigenvalue weighted by Crippen LogP contribution is 2.24. The van der Waals surface area contributed by atoms with Gasteiger partial charge in [-0.3, -0.25) is 14.5 Å². The Morgan fingerprint density at radius 2 is 2.17 bits per heavy atom. The van der Waals surface area contributed by atoms with Gasteiger partial charge in [0.1, 0.15) is 5.75 Å². The number of H-pyrrole nitrogens is 1. The van der Waals surface area contributed by atoms with Gasteiger partial charge in [-0.25, -0.2) is 9.78 Å². The fraction of sp³-hybridized carbons (Fsp3) is 0.143. The van der Waals surface area contributed by atoms with Crippen LogP contribution in [0.5, 0.6) is 5.75 Å². The van der Waals surface area contributed by atoms with Gasteiger partial charge < -0.3 is 9.84 Å². The van der Waals surface area contributed by atoms with E-state index in [2.05, 4.69) is 15.2 Å². The number of aromatic nitrogens is 4. The van der Waals surface area contributed by atoms with Crippen LogP contribution in [-0.2, 0) is 4.79 Å². The number of ether oxygens (including phenoxy) is 1. The molecule has 1 atom stereocenters. The number of fused-ring (bicyclic) bond motifs is 1. The second kappa shape index (κ2) is 7.59. The minimum Gasteiger partial charge on any atom is -0.482 e. The van der Waals surface area contributed by atoms with Crippen molar-refractivity contribution in [1.82, 2.24) is 19.7 Å². The molecule has 0 amide bonds. The Balaban J connectivity index is 1.72. The number of nitrogens with one attached hydrogen (secondary N) is 1. The summed E-state index contributed by atoms with van der Waals surface area (Å²) in [5.41, 5.74) is 2.63. The van der Waals surface area contributed by atoms with Crippen molar-refractivity contribution in [3.05, 3.63) is 77.1 Å². The second-order valence-corrected chi connectivity index (χ2v) is 6.43. The molecule has 8 nitrogen and oxygen atoms in total. The molecule has 0 saturated carbocycles. The van der Waals surface area contributed by atoms with Gasteiger partial charge in [-0.1, -0.05) is 18.2 Å². The zero-order valence-electron chi connectivity index (χ0n) is 17.4. The second-order valence-electron chi connectivity index (χ2n) is 6.43. The van der Waals surface area contributed by atoms with Crippen molar-refractivity contribution < 1.29 is 17.4 Å². The maximum absolute atomic E-state index is 13.2. The van der Waals surface area contributed by atoms with Crippen molar-refractivity contribution in [1.29, 1.82) is 0 Å². The normalized spacial score (nSPS) is 13.6. The summed E-state index contributed by atoms with van der Waals surface area (Å²) in [5.74, 6) is -1.69. The third-order valence-corrected chi connectivity index (χ3v) is 4.63. The van der Waals surface area contributed by atoms with Crippen LogP contribution in [0.3, 0.4) is 0 Å². The highest BCUT2D eigenvalue weighted by Gasteiger charge is 2.14. The molecular weight excluding hydrogens is 372 g/mol. The number of hydrogen-bond donors (Lipinski definition) is 2. The van der Waals surface area contributed by atoms with Gasteiger partial charge in [0.2, 0.25) is 0 Å². The molecule has 0 radical (unpaired) electrons. The Hall–Kier alpha value is -3.94. The predicted molar refractivity (Wildman–Crippen MR) is 107 cm³/mol. The fourth-order valence-corrected chi connectivity index (χ4v) is 3.10. The summed E-state index contributed by atoms with van der Waals surface area (Å²) in [4.78, 5) is 28.6. The van der Waals surface area contributed by atoms with Crippen molar-refractivity contribution in [3.63, 3.8) is 0 Å². The minimum absolute atomic E-state index is 0.0424. The summed E-state index contributed by atoms with van der Waals surface area (Å²) >= 11 is 0. The highest BCUT2D eigenvalue weighted by atomic mass is 16.5. The van der Waals surface area contributed by atoms with Gasteiger partial charge in [0.15, 0.2) is 6.56 Å². The first-order valence-corrected chi connectivity index (χ1v) is 8.79. The van der Waals surface area contributed by atoms with E-state index in [0.717, 1.165) is 11.1 Å². The molecule has 146 valence electrons. The summed E-state index contributed by atoms with van der Waals surface area (Å²) in [7, 11) is 0. The van der Waals surface area contributed by atoms with Crippen LogP contribution in [0, 0.1) is 0 Å². The summed E-state index contributed by atoms with van der Waals surface area (Å²) in [6.45, 7) is -1.08. The first kappa shape index (κ1) is 16.1. The molecule has 0 aliphatic rings. The molecule has 0 bridgehead atoms. The van der Waals surface area contributed by atoms with E-state index in [-0.39, 0.29) is 11.3 Å².